The molecule has 0 heterocycles. The molecule has 2 aromatic carbocycles. The molecule has 2 unspecified atom stereocenters. The highest BCUT2D eigenvalue weighted by molar-refractivity contribution is 5.91. The first-order valence-electron chi connectivity index (χ1n) is 9.25. The van der Waals surface area contributed by atoms with Crippen LogP contribution in [0, 0.1) is 0 Å². The van der Waals surface area contributed by atoms with E-state index in [9.17, 15) is 4.79 Å². The first-order chi connectivity index (χ1) is 13.5. The number of esters is 1. The molecular formula is C22H27NO5. The second-order valence-electron chi connectivity index (χ2n) is 7.01. The largest absolute Gasteiger partial charge is 0.493 e. The van der Waals surface area contributed by atoms with Gasteiger partial charge in [-0.3, -0.25) is 0 Å². The van der Waals surface area contributed by atoms with E-state index in [2.05, 4.69) is 11.0 Å². The lowest BCUT2D eigenvalue weighted by Crippen LogP contribution is -2.39. The van der Waals surface area contributed by atoms with Crippen LogP contribution in [0.15, 0.2) is 36.4 Å². The summed E-state index contributed by atoms with van der Waals surface area (Å²) in [5.41, 5.74) is 2.64. The van der Waals surface area contributed by atoms with E-state index < -0.39 is 5.97 Å². The van der Waals surface area contributed by atoms with Crippen molar-refractivity contribution in [3.63, 3.8) is 0 Å². The standard InChI is InChI=1S/C22H27NO5/c1-23(2)17-11-10-14-8-6-7-9-16(14)20(17)28-22(24)15-12-18(25-3)21(27-5)19(13-15)26-4/h6-9,12-13,17,20H,10-11H2,1-5H3. The predicted octanol–water partition coefficient (Wildman–Crippen LogP) is 3.49. The third-order valence-electron chi connectivity index (χ3n) is 5.22. The molecular weight excluding hydrogens is 358 g/mol. The lowest BCUT2D eigenvalue weighted by Gasteiger charge is -2.37. The minimum atomic E-state index is -0.423. The molecule has 0 radical (unpaired) electrons. The van der Waals surface area contributed by atoms with Crippen LogP contribution in [-0.4, -0.2) is 52.3 Å². The molecule has 0 N–H and O–H groups in total. The average molecular weight is 385 g/mol. The SMILES string of the molecule is COc1cc(C(=O)OC2c3ccccc3CCC2N(C)C)cc(OC)c1OC. The van der Waals surface area contributed by atoms with Gasteiger partial charge in [0.05, 0.1) is 32.9 Å². The number of rotatable bonds is 6. The molecule has 0 bridgehead atoms. The highest BCUT2D eigenvalue weighted by atomic mass is 16.5. The van der Waals surface area contributed by atoms with Crippen LogP contribution in [0.5, 0.6) is 17.2 Å². The summed E-state index contributed by atoms with van der Waals surface area (Å²) in [7, 11) is 8.59. The Morgan fingerprint density at radius 3 is 2.21 bits per heavy atom. The predicted molar refractivity (Wildman–Crippen MR) is 106 cm³/mol. The summed E-state index contributed by atoms with van der Waals surface area (Å²) >= 11 is 0. The Bertz CT molecular complexity index is 824. The molecule has 6 nitrogen and oxygen atoms in total. The van der Waals surface area contributed by atoms with Crippen molar-refractivity contribution in [1.29, 1.82) is 0 Å². The summed E-state index contributed by atoms with van der Waals surface area (Å²) in [6, 6.07) is 11.5. The van der Waals surface area contributed by atoms with E-state index >= 15 is 0 Å². The molecule has 150 valence electrons. The van der Waals surface area contributed by atoms with Crippen molar-refractivity contribution >= 4 is 5.97 Å². The summed E-state index contributed by atoms with van der Waals surface area (Å²) in [6.45, 7) is 0. The summed E-state index contributed by atoms with van der Waals surface area (Å²) < 4.78 is 22.1. The Morgan fingerprint density at radius 2 is 1.64 bits per heavy atom. The quantitative estimate of drug-likeness (QED) is 0.710. The van der Waals surface area contributed by atoms with Gasteiger partial charge in [-0.2, -0.15) is 0 Å². The number of carbonyl (C=O) groups is 1. The second kappa shape index (κ2) is 8.52. The maximum Gasteiger partial charge on any atom is 0.339 e. The van der Waals surface area contributed by atoms with Crippen molar-refractivity contribution in [2.24, 2.45) is 0 Å². The third-order valence-corrected chi connectivity index (χ3v) is 5.22. The zero-order chi connectivity index (χ0) is 20.3. The number of hydrogen-bond acceptors (Lipinski definition) is 6. The highest BCUT2D eigenvalue weighted by Crippen LogP contribution is 2.40. The maximum atomic E-state index is 13.0. The zero-order valence-corrected chi connectivity index (χ0v) is 17.0. The summed E-state index contributed by atoms with van der Waals surface area (Å²) in [5, 5.41) is 0. The minimum absolute atomic E-state index is 0.112. The van der Waals surface area contributed by atoms with Gasteiger partial charge in [-0.15, -0.1) is 0 Å². The Balaban J connectivity index is 1.95. The van der Waals surface area contributed by atoms with Gasteiger partial charge >= 0.3 is 5.97 Å². The van der Waals surface area contributed by atoms with Crippen molar-refractivity contribution in [3.8, 4) is 17.2 Å². The molecule has 6 heteroatoms. The minimum Gasteiger partial charge on any atom is -0.493 e. The van der Waals surface area contributed by atoms with E-state index in [0.29, 0.717) is 22.8 Å². The van der Waals surface area contributed by atoms with Crippen LogP contribution in [0.2, 0.25) is 0 Å². The van der Waals surface area contributed by atoms with Crippen LogP contribution in [0.1, 0.15) is 34.0 Å². The van der Waals surface area contributed by atoms with E-state index in [1.54, 1.807) is 12.1 Å². The normalized spacial score (nSPS) is 18.4. The summed E-state index contributed by atoms with van der Waals surface area (Å²) in [5.74, 6) is 0.854. The Labute approximate surface area is 166 Å². The highest BCUT2D eigenvalue weighted by Gasteiger charge is 2.34. The molecule has 0 aliphatic heterocycles. The van der Waals surface area contributed by atoms with Gasteiger partial charge < -0.3 is 23.8 Å². The van der Waals surface area contributed by atoms with Gasteiger partial charge in [-0.1, -0.05) is 24.3 Å². The molecule has 2 aromatic rings. The Hall–Kier alpha value is -2.73. The zero-order valence-electron chi connectivity index (χ0n) is 17.0. The summed E-state index contributed by atoms with van der Waals surface area (Å²) in [4.78, 5) is 15.1. The molecule has 1 aliphatic carbocycles. The molecule has 0 fully saturated rings. The van der Waals surface area contributed by atoms with E-state index in [1.165, 1.54) is 26.9 Å². The molecule has 2 atom stereocenters. The number of fused-ring (bicyclic) bond motifs is 1. The monoisotopic (exact) mass is 385 g/mol. The fraction of sp³-hybridized carbons (Fsp3) is 0.409. The van der Waals surface area contributed by atoms with Gasteiger partial charge in [0.15, 0.2) is 11.5 Å². The van der Waals surface area contributed by atoms with E-state index in [1.807, 2.05) is 32.3 Å². The van der Waals surface area contributed by atoms with Crippen LogP contribution < -0.4 is 14.2 Å². The second-order valence-corrected chi connectivity index (χ2v) is 7.01. The molecule has 0 saturated heterocycles. The van der Waals surface area contributed by atoms with Crippen LogP contribution >= 0.6 is 0 Å². The molecule has 3 rings (SSSR count). The summed E-state index contributed by atoms with van der Waals surface area (Å²) in [6.07, 6.45) is 1.56. The van der Waals surface area contributed by atoms with Crippen molar-refractivity contribution < 1.29 is 23.7 Å². The number of ether oxygens (including phenoxy) is 4. The molecule has 28 heavy (non-hydrogen) atoms. The first kappa shape index (κ1) is 20.0. The number of carbonyl (C=O) groups excluding carboxylic acids is 1. The van der Waals surface area contributed by atoms with Crippen molar-refractivity contribution in [1.82, 2.24) is 4.90 Å². The van der Waals surface area contributed by atoms with Gasteiger partial charge in [0, 0.05) is 0 Å². The van der Waals surface area contributed by atoms with Gasteiger partial charge in [0.2, 0.25) is 5.75 Å². The third kappa shape index (κ3) is 3.78. The topological polar surface area (TPSA) is 57.2 Å². The Kier molecular flexibility index (Phi) is 6.09. The van der Waals surface area contributed by atoms with Crippen molar-refractivity contribution in [2.75, 3.05) is 35.4 Å². The smallest absolute Gasteiger partial charge is 0.339 e. The number of methoxy groups -OCH3 is 3. The van der Waals surface area contributed by atoms with Crippen LogP contribution in [0.3, 0.4) is 0 Å². The molecule has 0 spiro atoms. The van der Waals surface area contributed by atoms with Gasteiger partial charge in [-0.25, -0.2) is 4.79 Å². The van der Waals surface area contributed by atoms with Crippen LogP contribution in [-0.2, 0) is 11.2 Å². The average Bonchev–Trinajstić information content (AvgIpc) is 2.72. The fourth-order valence-electron chi connectivity index (χ4n) is 3.75. The molecule has 0 saturated carbocycles. The fourth-order valence-corrected chi connectivity index (χ4v) is 3.75. The van der Waals surface area contributed by atoms with Crippen molar-refractivity contribution in [2.45, 2.75) is 25.0 Å². The Morgan fingerprint density at radius 1 is 1.00 bits per heavy atom. The van der Waals surface area contributed by atoms with Gasteiger partial charge in [-0.05, 0) is 50.2 Å². The van der Waals surface area contributed by atoms with E-state index in [0.717, 1.165) is 18.4 Å². The van der Waals surface area contributed by atoms with Crippen LogP contribution in [0.4, 0.5) is 0 Å². The van der Waals surface area contributed by atoms with Gasteiger partial charge in [0.25, 0.3) is 0 Å². The lowest BCUT2D eigenvalue weighted by molar-refractivity contribution is 0.000555. The number of hydrogen-bond donors (Lipinski definition) is 0. The molecule has 0 amide bonds. The number of benzene rings is 2. The van der Waals surface area contributed by atoms with Gasteiger partial charge in [0.1, 0.15) is 6.10 Å². The molecule has 0 aromatic heterocycles. The molecule has 1 aliphatic rings. The number of likely N-dealkylation sites (N-methyl/N-ethyl adjacent to an activating group) is 1. The number of aryl methyl sites for hydroxylation is 1. The maximum absolute atomic E-state index is 13.0. The van der Waals surface area contributed by atoms with E-state index in [-0.39, 0.29) is 12.1 Å². The number of nitrogens with zero attached hydrogens (tertiary/aromatic N) is 1. The van der Waals surface area contributed by atoms with Crippen LogP contribution in [0.25, 0.3) is 0 Å². The van der Waals surface area contributed by atoms with Crippen molar-refractivity contribution in [3.05, 3.63) is 53.1 Å². The lowest BCUT2D eigenvalue weighted by atomic mass is 9.85. The first-order valence-corrected chi connectivity index (χ1v) is 9.25. The van der Waals surface area contributed by atoms with E-state index in [4.69, 9.17) is 18.9 Å².